The highest BCUT2D eigenvalue weighted by Gasteiger charge is 2.24. The van der Waals surface area contributed by atoms with Gasteiger partial charge in [-0.15, -0.1) is 0 Å². The van der Waals surface area contributed by atoms with Crippen LogP contribution in [0, 0.1) is 5.82 Å². The highest BCUT2D eigenvalue weighted by Crippen LogP contribution is 2.21. The Hall–Kier alpha value is -1.84. The summed E-state index contributed by atoms with van der Waals surface area (Å²) in [5.41, 5.74) is 1.64. The van der Waals surface area contributed by atoms with E-state index in [0.717, 1.165) is 18.4 Å². The van der Waals surface area contributed by atoms with Crippen LogP contribution >= 0.6 is 0 Å². The number of likely N-dealkylation sites (tertiary alicyclic amines) is 1. The topological polar surface area (TPSA) is 29.5 Å². The molecule has 1 aromatic rings. The lowest BCUT2D eigenvalue weighted by molar-refractivity contribution is 0.0237. The van der Waals surface area contributed by atoms with Gasteiger partial charge in [0.25, 0.3) is 0 Å². The lowest BCUT2D eigenvalue weighted by Crippen LogP contribution is -2.40. The maximum absolute atomic E-state index is 13.1. The quantitative estimate of drug-likeness (QED) is 0.774. The zero-order valence-corrected chi connectivity index (χ0v) is 12.9. The first-order valence-electron chi connectivity index (χ1n) is 7.26. The first-order chi connectivity index (χ1) is 9.83. The fourth-order valence-electron chi connectivity index (χ4n) is 2.28. The van der Waals surface area contributed by atoms with Crippen molar-refractivity contribution in [3.63, 3.8) is 0 Å². The van der Waals surface area contributed by atoms with Crippen LogP contribution in [-0.4, -0.2) is 29.7 Å². The molecule has 0 atom stereocenters. The van der Waals surface area contributed by atoms with Crippen molar-refractivity contribution in [2.24, 2.45) is 0 Å². The molecular formula is C17H22FNO2. The molecule has 1 amide bonds. The molecule has 0 bridgehead atoms. The first kappa shape index (κ1) is 15.5. The lowest BCUT2D eigenvalue weighted by atomic mass is 10.0. The van der Waals surface area contributed by atoms with Crippen molar-refractivity contribution in [3.8, 4) is 0 Å². The molecule has 1 aliphatic heterocycles. The summed E-state index contributed by atoms with van der Waals surface area (Å²) in [6.45, 7) is 6.89. The number of carbonyl (C=O) groups is 1. The molecule has 4 heteroatoms. The van der Waals surface area contributed by atoms with Crippen LogP contribution in [0.2, 0.25) is 0 Å². The normalized spacial score (nSPS) is 15.8. The van der Waals surface area contributed by atoms with Gasteiger partial charge in [0, 0.05) is 13.1 Å². The zero-order valence-electron chi connectivity index (χ0n) is 12.9. The largest absolute Gasteiger partial charge is 0.444 e. The SMILES string of the molecule is CC(C)(C)OC(=O)N1CCC(=Cc2cccc(F)c2)CC1. The summed E-state index contributed by atoms with van der Waals surface area (Å²) in [6, 6.07) is 6.55. The van der Waals surface area contributed by atoms with Crippen LogP contribution in [0.4, 0.5) is 9.18 Å². The highest BCUT2D eigenvalue weighted by molar-refractivity contribution is 5.68. The Morgan fingerprint density at radius 1 is 1.29 bits per heavy atom. The average molecular weight is 291 g/mol. The average Bonchev–Trinajstić information content (AvgIpc) is 2.37. The van der Waals surface area contributed by atoms with Crippen LogP contribution in [0.3, 0.4) is 0 Å². The van der Waals surface area contributed by atoms with Gasteiger partial charge in [-0.2, -0.15) is 0 Å². The molecule has 0 saturated carbocycles. The number of carbonyl (C=O) groups excluding carboxylic acids is 1. The molecule has 1 saturated heterocycles. The van der Waals surface area contributed by atoms with Crippen LogP contribution in [0.1, 0.15) is 39.2 Å². The molecule has 1 fully saturated rings. The second kappa shape index (κ2) is 6.29. The van der Waals surface area contributed by atoms with E-state index in [-0.39, 0.29) is 11.9 Å². The molecule has 0 spiro atoms. The van der Waals surface area contributed by atoms with E-state index in [1.807, 2.05) is 32.9 Å². The van der Waals surface area contributed by atoms with E-state index in [1.165, 1.54) is 17.7 Å². The fourth-order valence-corrected chi connectivity index (χ4v) is 2.28. The third-order valence-corrected chi connectivity index (χ3v) is 3.28. The van der Waals surface area contributed by atoms with Crippen molar-refractivity contribution < 1.29 is 13.9 Å². The second-order valence-electron chi connectivity index (χ2n) is 6.32. The van der Waals surface area contributed by atoms with Crippen molar-refractivity contribution in [1.82, 2.24) is 4.90 Å². The Kier molecular flexibility index (Phi) is 4.66. The minimum atomic E-state index is -0.464. The molecule has 0 aromatic heterocycles. The summed E-state index contributed by atoms with van der Waals surface area (Å²) < 4.78 is 18.5. The molecule has 21 heavy (non-hydrogen) atoms. The van der Waals surface area contributed by atoms with Crippen LogP contribution in [-0.2, 0) is 4.74 Å². The second-order valence-corrected chi connectivity index (χ2v) is 6.32. The van der Waals surface area contributed by atoms with E-state index in [2.05, 4.69) is 0 Å². The van der Waals surface area contributed by atoms with Gasteiger partial charge in [-0.05, 0) is 51.3 Å². The molecule has 0 aliphatic carbocycles. The van der Waals surface area contributed by atoms with Crippen LogP contribution in [0.15, 0.2) is 29.8 Å². The highest BCUT2D eigenvalue weighted by atomic mass is 19.1. The van der Waals surface area contributed by atoms with E-state index in [9.17, 15) is 9.18 Å². The molecule has 0 radical (unpaired) electrons. The monoisotopic (exact) mass is 291 g/mol. The predicted molar refractivity (Wildman–Crippen MR) is 81.4 cm³/mol. The Bertz CT molecular complexity index is 536. The molecule has 1 heterocycles. The van der Waals surface area contributed by atoms with Gasteiger partial charge in [0.2, 0.25) is 0 Å². The Balaban J connectivity index is 1.93. The standard InChI is InChI=1S/C17H22FNO2/c1-17(2,3)21-16(20)19-9-7-13(8-10-19)11-14-5-4-6-15(18)12-14/h4-6,11-12H,7-10H2,1-3H3. The fraction of sp³-hybridized carbons (Fsp3) is 0.471. The Labute approximate surface area is 125 Å². The zero-order chi connectivity index (χ0) is 15.5. The minimum absolute atomic E-state index is 0.226. The number of piperidine rings is 1. The minimum Gasteiger partial charge on any atom is -0.444 e. The molecule has 3 nitrogen and oxygen atoms in total. The van der Waals surface area contributed by atoms with E-state index in [0.29, 0.717) is 13.1 Å². The first-order valence-corrected chi connectivity index (χ1v) is 7.26. The van der Waals surface area contributed by atoms with E-state index < -0.39 is 5.60 Å². The van der Waals surface area contributed by atoms with Crippen molar-refractivity contribution >= 4 is 12.2 Å². The number of benzene rings is 1. The van der Waals surface area contributed by atoms with Crippen LogP contribution < -0.4 is 0 Å². The lowest BCUT2D eigenvalue weighted by Gasteiger charge is -2.31. The van der Waals surface area contributed by atoms with Crippen molar-refractivity contribution in [3.05, 3.63) is 41.2 Å². The van der Waals surface area contributed by atoms with Crippen molar-refractivity contribution in [1.29, 1.82) is 0 Å². The van der Waals surface area contributed by atoms with E-state index in [1.54, 1.807) is 11.0 Å². The van der Waals surface area contributed by atoms with Gasteiger partial charge >= 0.3 is 6.09 Å². The maximum atomic E-state index is 13.1. The smallest absolute Gasteiger partial charge is 0.410 e. The van der Waals surface area contributed by atoms with E-state index in [4.69, 9.17) is 4.74 Å². The third kappa shape index (κ3) is 4.88. The summed E-state index contributed by atoms with van der Waals surface area (Å²) in [4.78, 5) is 13.7. The molecule has 2 rings (SSSR count). The van der Waals surface area contributed by atoms with Crippen LogP contribution in [0.25, 0.3) is 6.08 Å². The number of nitrogens with zero attached hydrogens (tertiary/aromatic N) is 1. The maximum Gasteiger partial charge on any atom is 0.410 e. The number of ether oxygens (including phenoxy) is 1. The molecule has 1 aliphatic rings. The molecule has 0 unspecified atom stereocenters. The van der Waals surface area contributed by atoms with Crippen molar-refractivity contribution in [2.75, 3.05) is 13.1 Å². The van der Waals surface area contributed by atoms with Gasteiger partial charge < -0.3 is 9.64 Å². The molecule has 114 valence electrons. The summed E-state index contributed by atoms with van der Waals surface area (Å²) >= 11 is 0. The number of halogens is 1. The van der Waals surface area contributed by atoms with Gasteiger partial charge in [-0.25, -0.2) is 9.18 Å². The van der Waals surface area contributed by atoms with Crippen LogP contribution in [0.5, 0.6) is 0 Å². The predicted octanol–water partition coefficient (Wildman–Crippen LogP) is 4.24. The third-order valence-electron chi connectivity index (χ3n) is 3.28. The molecule has 1 aromatic carbocycles. The van der Waals surface area contributed by atoms with Gasteiger partial charge in [0.15, 0.2) is 0 Å². The van der Waals surface area contributed by atoms with Gasteiger partial charge in [0.05, 0.1) is 0 Å². The Morgan fingerprint density at radius 3 is 2.52 bits per heavy atom. The summed E-state index contributed by atoms with van der Waals surface area (Å²) in [5, 5.41) is 0. The molecular weight excluding hydrogens is 269 g/mol. The number of hydrogen-bond acceptors (Lipinski definition) is 2. The van der Waals surface area contributed by atoms with Gasteiger partial charge in [-0.3, -0.25) is 0 Å². The summed E-state index contributed by atoms with van der Waals surface area (Å²) in [7, 11) is 0. The number of hydrogen-bond donors (Lipinski definition) is 0. The number of rotatable bonds is 1. The van der Waals surface area contributed by atoms with Gasteiger partial charge in [0.1, 0.15) is 11.4 Å². The summed E-state index contributed by atoms with van der Waals surface area (Å²) in [6.07, 6.45) is 3.36. The Morgan fingerprint density at radius 2 is 1.95 bits per heavy atom. The number of amides is 1. The summed E-state index contributed by atoms with van der Waals surface area (Å²) in [5.74, 6) is -0.226. The van der Waals surface area contributed by atoms with E-state index >= 15 is 0 Å². The molecule has 0 N–H and O–H groups in total. The van der Waals surface area contributed by atoms with Crippen molar-refractivity contribution in [2.45, 2.75) is 39.2 Å². The van der Waals surface area contributed by atoms with Gasteiger partial charge in [-0.1, -0.05) is 23.8 Å².